The van der Waals surface area contributed by atoms with Gasteiger partial charge in [0.15, 0.2) is 5.78 Å². The second-order valence-electron chi connectivity index (χ2n) is 14.6. The quantitative estimate of drug-likeness (QED) is 0.189. The van der Waals surface area contributed by atoms with Gasteiger partial charge in [-0.3, -0.25) is 4.79 Å². The van der Waals surface area contributed by atoms with E-state index >= 15 is 0 Å². The lowest BCUT2D eigenvalue weighted by atomic mass is 9.85. The number of nitrogens with zero attached hydrogens (tertiary/aromatic N) is 1. The van der Waals surface area contributed by atoms with Crippen LogP contribution in [0, 0.1) is 0 Å². The fourth-order valence-electron chi connectivity index (χ4n) is 6.95. The van der Waals surface area contributed by atoms with E-state index in [1.165, 1.54) is 17.2 Å². The molecule has 8 rings (SSSR count). The maximum Gasteiger partial charge on any atom is 0.208 e. The molecule has 6 heteroatoms. The zero-order chi connectivity index (χ0) is 33.0. The third kappa shape index (κ3) is 4.35. The molecule has 234 valence electrons. The molecule has 0 amide bonds. The van der Waals surface area contributed by atoms with Crippen LogP contribution in [0.1, 0.15) is 68.6 Å². The van der Waals surface area contributed by atoms with Crippen LogP contribution < -0.4 is 0 Å². The predicted molar refractivity (Wildman–Crippen MR) is 189 cm³/mol. The molecule has 0 N–H and O–H groups in total. The molecule has 1 aliphatic rings. The van der Waals surface area contributed by atoms with Gasteiger partial charge in [-0.15, -0.1) is 0 Å². The zero-order valence-corrected chi connectivity index (χ0v) is 28.1. The van der Waals surface area contributed by atoms with Gasteiger partial charge in [0.25, 0.3) is 0 Å². The Balaban J connectivity index is 1.46. The average molecular weight is 638 g/mol. The summed E-state index contributed by atoms with van der Waals surface area (Å²) >= 11 is 0. The first-order chi connectivity index (χ1) is 22.2. The number of carbonyl (C=O) groups excluding carboxylic acids is 1. The summed E-state index contributed by atoms with van der Waals surface area (Å²) in [6, 6.07) is 30.9. The molecule has 0 saturated heterocycles. The van der Waals surface area contributed by atoms with Gasteiger partial charge in [-0.25, -0.2) is 8.42 Å². The highest BCUT2D eigenvalue weighted by Crippen LogP contribution is 2.44. The van der Waals surface area contributed by atoms with Crippen molar-refractivity contribution in [1.82, 2.24) is 4.57 Å². The Morgan fingerprint density at radius 1 is 0.596 bits per heavy atom. The van der Waals surface area contributed by atoms with Gasteiger partial charge >= 0.3 is 0 Å². The lowest BCUT2D eigenvalue weighted by Crippen LogP contribution is -2.20. The number of fused-ring (bicyclic) bond motifs is 6. The zero-order valence-electron chi connectivity index (χ0n) is 27.3. The van der Waals surface area contributed by atoms with Crippen LogP contribution in [0.3, 0.4) is 0 Å². The van der Waals surface area contributed by atoms with E-state index < -0.39 is 9.84 Å². The van der Waals surface area contributed by atoms with Gasteiger partial charge < -0.3 is 8.98 Å². The number of ketones is 1. The minimum Gasteiger partial charge on any atom is -0.464 e. The first-order valence-corrected chi connectivity index (χ1v) is 17.4. The maximum atomic E-state index is 13.9. The van der Waals surface area contributed by atoms with Crippen molar-refractivity contribution in [1.29, 1.82) is 0 Å². The SMILES string of the molecule is CC(C)(C)c1ccc2c(c1)c1cc(C(C)(C)C)ccc1n2-c1c(-c2ccc3c(c2)S(=O)(=O)c2ccccc2C3=O)ccc2occc12. The number of hydrogen-bond acceptors (Lipinski definition) is 4. The summed E-state index contributed by atoms with van der Waals surface area (Å²) in [7, 11) is -3.92. The van der Waals surface area contributed by atoms with Gasteiger partial charge in [-0.05, 0) is 94.3 Å². The maximum absolute atomic E-state index is 13.9. The summed E-state index contributed by atoms with van der Waals surface area (Å²) in [5.41, 5.74) is 8.07. The monoisotopic (exact) mass is 637 g/mol. The highest BCUT2D eigenvalue weighted by atomic mass is 32.2. The Morgan fingerprint density at radius 2 is 1.19 bits per heavy atom. The van der Waals surface area contributed by atoms with Crippen LogP contribution in [-0.4, -0.2) is 18.8 Å². The van der Waals surface area contributed by atoms with Crippen LogP contribution in [0.5, 0.6) is 0 Å². The third-order valence-corrected chi connectivity index (χ3v) is 11.4. The summed E-state index contributed by atoms with van der Waals surface area (Å²) in [5, 5.41) is 3.21. The molecule has 0 unspecified atom stereocenters. The van der Waals surface area contributed by atoms with Crippen LogP contribution in [0.2, 0.25) is 0 Å². The first kappa shape index (κ1) is 29.5. The minimum absolute atomic E-state index is 0.0313. The van der Waals surface area contributed by atoms with Gasteiger partial charge in [0.05, 0.1) is 32.8 Å². The topological polar surface area (TPSA) is 69.3 Å². The summed E-state index contributed by atoms with van der Waals surface area (Å²) in [6.45, 7) is 13.4. The number of rotatable bonds is 2. The highest BCUT2D eigenvalue weighted by Gasteiger charge is 2.35. The minimum atomic E-state index is -3.92. The van der Waals surface area contributed by atoms with Gasteiger partial charge in [0.1, 0.15) is 5.58 Å². The fourth-order valence-corrected chi connectivity index (χ4v) is 8.63. The first-order valence-electron chi connectivity index (χ1n) is 15.9. The van der Waals surface area contributed by atoms with E-state index in [1.807, 2.05) is 24.3 Å². The normalized spacial score (nSPS) is 14.6. The van der Waals surface area contributed by atoms with E-state index in [1.54, 1.807) is 36.6 Å². The van der Waals surface area contributed by atoms with Crippen molar-refractivity contribution in [2.75, 3.05) is 0 Å². The Kier molecular flexibility index (Phi) is 6.13. The summed E-state index contributed by atoms with van der Waals surface area (Å²) in [6.07, 6.45) is 1.69. The van der Waals surface area contributed by atoms with Crippen LogP contribution in [0.4, 0.5) is 0 Å². The van der Waals surface area contributed by atoms with Crippen molar-refractivity contribution in [3.63, 3.8) is 0 Å². The molecule has 0 bridgehead atoms. The van der Waals surface area contributed by atoms with Crippen molar-refractivity contribution < 1.29 is 17.6 Å². The van der Waals surface area contributed by atoms with Crippen molar-refractivity contribution in [3.8, 4) is 16.8 Å². The molecular weight excluding hydrogens is 603 g/mol. The fraction of sp³-hybridized carbons (Fsp3) is 0.195. The number of furan rings is 1. The second-order valence-corrected chi connectivity index (χ2v) is 16.5. The molecule has 5 nitrogen and oxygen atoms in total. The molecular formula is C41H35NO4S. The molecule has 47 heavy (non-hydrogen) atoms. The molecule has 0 saturated carbocycles. The molecule has 2 aromatic heterocycles. The molecule has 0 aliphatic carbocycles. The molecule has 5 aromatic carbocycles. The summed E-state index contributed by atoms with van der Waals surface area (Å²) in [5.74, 6) is -0.283. The predicted octanol–water partition coefficient (Wildman–Crippen LogP) is 10.2. The molecule has 7 aromatic rings. The molecule has 1 aliphatic heterocycles. The Morgan fingerprint density at radius 3 is 1.83 bits per heavy atom. The van der Waals surface area contributed by atoms with Crippen molar-refractivity contribution >= 4 is 48.4 Å². The van der Waals surface area contributed by atoms with Gasteiger partial charge in [-0.1, -0.05) is 71.9 Å². The van der Waals surface area contributed by atoms with Crippen molar-refractivity contribution in [2.45, 2.75) is 62.2 Å². The van der Waals surface area contributed by atoms with E-state index in [9.17, 15) is 13.2 Å². The smallest absolute Gasteiger partial charge is 0.208 e. The van der Waals surface area contributed by atoms with E-state index in [2.05, 4.69) is 82.5 Å². The van der Waals surface area contributed by atoms with Crippen LogP contribution in [0.25, 0.3) is 49.6 Å². The number of carbonyl (C=O) groups is 1. The second kappa shape index (κ2) is 9.79. The van der Waals surface area contributed by atoms with Crippen LogP contribution in [-0.2, 0) is 20.7 Å². The molecule has 0 radical (unpaired) electrons. The summed E-state index contributed by atoms with van der Waals surface area (Å²) in [4.78, 5) is 13.5. The number of aromatic nitrogens is 1. The average Bonchev–Trinajstić information content (AvgIpc) is 3.64. The summed E-state index contributed by atoms with van der Waals surface area (Å²) < 4.78 is 36.0. The van der Waals surface area contributed by atoms with Gasteiger partial charge in [0.2, 0.25) is 9.84 Å². The van der Waals surface area contributed by atoms with Crippen LogP contribution >= 0.6 is 0 Å². The number of hydrogen-bond donors (Lipinski definition) is 0. The van der Waals surface area contributed by atoms with Gasteiger partial charge in [0, 0.05) is 32.8 Å². The Hall–Kier alpha value is -4.94. The largest absolute Gasteiger partial charge is 0.464 e. The van der Waals surface area contributed by atoms with E-state index in [0.29, 0.717) is 5.56 Å². The molecule has 0 spiro atoms. The lowest BCUT2D eigenvalue weighted by molar-refractivity contribution is 0.103. The molecule has 0 fully saturated rings. The number of benzene rings is 5. The molecule has 3 heterocycles. The van der Waals surface area contributed by atoms with E-state index in [0.717, 1.165) is 44.0 Å². The van der Waals surface area contributed by atoms with E-state index in [4.69, 9.17) is 4.42 Å². The standard InChI is InChI=1S/C41H35NO4S/c1-40(2,3)25-12-16-33-31(22-25)32-23-26(41(4,5)6)13-17-34(32)42(33)38-27(15-18-35-28(38)19-20-46-35)24-11-14-30-37(21-24)47(44,45)36-10-8-7-9-29(36)39(30)43/h7-23H,1-6H3. The van der Waals surface area contributed by atoms with Crippen molar-refractivity contribution in [2.24, 2.45) is 0 Å². The van der Waals surface area contributed by atoms with Gasteiger partial charge in [-0.2, -0.15) is 0 Å². The van der Waals surface area contributed by atoms with Crippen molar-refractivity contribution in [3.05, 3.63) is 126 Å². The highest BCUT2D eigenvalue weighted by molar-refractivity contribution is 7.91. The Bertz CT molecular complexity index is 2500. The Labute approximate surface area is 274 Å². The molecule has 0 atom stereocenters. The number of sulfone groups is 1. The third-order valence-electron chi connectivity index (χ3n) is 9.58. The lowest BCUT2D eigenvalue weighted by Gasteiger charge is -2.21. The van der Waals surface area contributed by atoms with E-state index in [-0.39, 0.29) is 37.5 Å². The van der Waals surface area contributed by atoms with Crippen LogP contribution in [0.15, 0.2) is 118 Å².